The Morgan fingerprint density at radius 1 is 0.500 bits per heavy atom. The van der Waals surface area contributed by atoms with Crippen molar-refractivity contribution in [3.63, 3.8) is 0 Å². The molecular formula is C16H24O4. The van der Waals surface area contributed by atoms with E-state index in [2.05, 4.69) is 0 Å². The predicted octanol–water partition coefficient (Wildman–Crippen LogP) is 2.89. The third kappa shape index (κ3) is 1.24. The molecule has 0 aromatic rings. The van der Waals surface area contributed by atoms with Crippen LogP contribution in [0.5, 0.6) is 0 Å². The summed E-state index contributed by atoms with van der Waals surface area (Å²) < 4.78 is 25.9. The van der Waals surface area contributed by atoms with Gasteiger partial charge in [0.05, 0.1) is 13.2 Å². The molecule has 5 rings (SSSR count). The van der Waals surface area contributed by atoms with Crippen LogP contribution in [0.1, 0.15) is 64.2 Å². The van der Waals surface area contributed by atoms with Gasteiger partial charge in [0.1, 0.15) is 11.2 Å². The van der Waals surface area contributed by atoms with Gasteiger partial charge in [0.25, 0.3) is 0 Å². The minimum absolute atomic E-state index is 0.228. The lowest BCUT2D eigenvalue weighted by Gasteiger charge is -2.67. The van der Waals surface area contributed by atoms with Crippen LogP contribution >= 0.6 is 0 Å². The number of fused-ring (bicyclic) bond motifs is 2. The van der Waals surface area contributed by atoms with Crippen LogP contribution in [0.3, 0.4) is 0 Å². The molecule has 0 aromatic heterocycles. The molecule has 2 atom stereocenters. The molecule has 4 heteroatoms. The van der Waals surface area contributed by atoms with E-state index in [1.807, 2.05) is 0 Å². The van der Waals surface area contributed by atoms with Crippen LogP contribution in [0.15, 0.2) is 0 Å². The van der Waals surface area contributed by atoms with E-state index in [0.29, 0.717) is 0 Å². The molecule has 4 nitrogen and oxygen atoms in total. The predicted molar refractivity (Wildman–Crippen MR) is 71.2 cm³/mol. The second-order valence-electron chi connectivity index (χ2n) is 7.31. The maximum Gasteiger partial charge on any atom is 0.198 e. The summed E-state index contributed by atoms with van der Waals surface area (Å²) in [4.78, 5) is 0. The third-order valence-corrected chi connectivity index (χ3v) is 6.40. The molecule has 5 fully saturated rings. The summed E-state index contributed by atoms with van der Waals surface area (Å²) in [6.45, 7) is 1.63. The highest BCUT2D eigenvalue weighted by atomic mass is 16.8. The van der Waals surface area contributed by atoms with E-state index in [9.17, 15) is 0 Å². The van der Waals surface area contributed by atoms with Gasteiger partial charge >= 0.3 is 0 Å². The quantitative estimate of drug-likeness (QED) is 0.683. The first-order valence-electron chi connectivity index (χ1n) is 8.42. The Morgan fingerprint density at radius 2 is 0.950 bits per heavy atom. The third-order valence-electron chi connectivity index (χ3n) is 6.40. The lowest BCUT2D eigenvalue weighted by atomic mass is 9.65. The zero-order valence-corrected chi connectivity index (χ0v) is 12.1. The highest BCUT2D eigenvalue weighted by Crippen LogP contribution is 2.65. The zero-order valence-electron chi connectivity index (χ0n) is 12.1. The first kappa shape index (κ1) is 12.4. The molecule has 2 saturated carbocycles. The SMILES string of the molecule is C1CC2(C1)OC1(CCCO1)C1(CCC1)OC21CCCO1. The second-order valence-corrected chi connectivity index (χ2v) is 7.31. The molecule has 2 aliphatic carbocycles. The van der Waals surface area contributed by atoms with Gasteiger partial charge < -0.3 is 18.9 Å². The normalized spacial score (nSPS) is 48.0. The minimum Gasteiger partial charge on any atom is -0.347 e. The first-order valence-corrected chi connectivity index (χ1v) is 8.42. The average molecular weight is 280 g/mol. The monoisotopic (exact) mass is 280 g/mol. The fraction of sp³-hybridized carbons (Fsp3) is 1.00. The summed E-state index contributed by atoms with van der Waals surface area (Å²) in [6, 6.07) is 0. The van der Waals surface area contributed by atoms with E-state index in [1.165, 1.54) is 12.8 Å². The Kier molecular flexibility index (Phi) is 2.34. The van der Waals surface area contributed by atoms with E-state index in [4.69, 9.17) is 18.9 Å². The molecule has 5 aliphatic rings. The molecule has 2 unspecified atom stereocenters. The van der Waals surface area contributed by atoms with E-state index in [1.54, 1.807) is 0 Å². The molecule has 20 heavy (non-hydrogen) atoms. The van der Waals surface area contributed by atoms with Gasteiger partial charge in [-0.3, -0.25) is 0 Å². The Hall–Kier alpha value is -0.160. The van der Waals surface area contributed by atoms with Crippen molar-refractivity contribution in [3.05, 3.63) is 0 Å². The van der Waals surface area contributed by atoms with Crippen LogP contribution in [0.25, 0.3) is 0 Å². The number of ether oxygens (including phenoxy) is 4. The molecule has 0 radical (unpaired) electrons. The van der Waals surface area contributed by atoms with Crippen LogP contribution in [0.4, 0.5) is 0 Å². The first-order chi connectivity index (χ1) is 9.74. The summed E-state index contributed by atoms with van der Waals surface area (Å²) in [5, 5.41) is 0. The van der Waals surface area contributed by atoms with Gasteiger partial charge in [-0.1, -0.05) is 0 Å². The van der Waals surface area contributed by atoms with Gasteiger partial charge in [-0.25, -0.2) is 0 Å². The molecule has 3 saturated heterocycles. The summed E-state index contributed by atoms with van der Waals surface area (Å²) in [5.41, 5.74) is -0.455. The molecule has 0 bridgehead atoms. The van der Waals surface area contributed by atoms with Crippen molar-refractivity contribution in [2.75, 3.05) is 13.2 Å². The van der Waals surface area contributed by atoms with Gasteiger partial charge in [0, 0.05) is 12.8 Å². The van der Waals surface area contributed by atoms with Crippen LogP contribution in [-0.4, -0.2) is 36.0 Å². The molecular weight excluding hydrogens is 256 g/mol. The highest BCUT2D eigenvalue weighted by molar-refractivity contribution is 5.16. The van der Waals surface area contributed by atoms with E-state index in [-0.39, 0.29) is 11.2 Å². The Balaban J connectivity index is 1.58. The lowest BCUT2D eigenvalue weighted by molar-refractivity contribution is -0.508. The molecule has 0 amide bonds. The van der Waals surface area contributed by atoms with E-state index in [0.717, 1.165) is 64.6 Å². The second kappa shape index (κ2) is 3.78. The van der Waals surface area contributed by atoms with Crippen molar-refractivity contribution in [1.29, 1.82) is 0 Å². The maximum absolute atomic E-state index is 6.78. The Bertz CT molecular complexity index is 372. The van der Waals surface area contributed by atoms with Gasteiger partial charge in [0.15, 0.2) is 11.6 Å². The standard InChI is InChI=1S/C16H24O4/c1-5-13(6-1)15(9-3-11-17-15)20-14(7-2-8-14)16(19-13)10-4-12-18-16/h1-12H2. The molecule has 3 heterocycles. The summed E-state index contributed by atoms with van der Waals surface area (Å²) in [7, 11) is 0. The van der Waals surface area contributed by atoms with Crippen LogP contribution < -0.4 is 0 Å². The minimum atomic E-state index is -0.469. The number of hydrogen-bond donors (Lipinski definition) is 0. The van der Waals surface area contributed by atoms with E-state index < -0.39 is 11.6 Å². The van der Waals surface area contributed by atoms with Gasteiger partial charge in [-0.15, -0.1) is 0 Å². The van der Waals surface area contributed by atoms with Crippen molar-refractivity contribution in [2.45, 2.75) is 87.0 Å². The molecule has 0 N–H and O–H groups in total. The smallest absolute Gasteiger partial charge is 0.198 e. The maximum atomic E-state index is 6.78. The van der Waals surface area contributed by atoms with Crippen LogP contribution in [0, 0.1) is 0 Å². The summed E-state index contributed by atoms with van der Waals surface area (Å²) in [5.74, 6) is -0.939. The van der Waals surface area contributed by atoms with Crippen molar-refractivity contribution < 1.29 is 18.9 Å². The number of hydrogen-bond acceptors (Lipinski definition) is 4. The molecule has 0 aromatic carbocycles. The zero-order chi connectivity index (χ0) is 13.3. The summed E-state index contributed by atoms with van der Waals surface area (Å²) in [6.07, 6.45) is 10.9. The largest absolute Gasteiger partial charge is 0.347 e. The average Bonchev–Trinajstić information content (AvgIpc) is 2.98. The van der Waals surface area contributed by atoms with Gasteiger partial charge in [0.2, 0.25) is 0 Å². The van der Waals surface area contributed by atoms with Crippen molar-refractivity contribution in [3.8, 4) is 0 Å². The highest BCUT2D eigenvalue weighted by Gasteiger charge is 2.75. The lowest BCUT2D eigenvalue weighted by Crippen LogP contribution is -2.78. The topological polar surface area (TPSA) is 36.9 Å². The van der Waals surface area contributed by atoms with Crippen molar-refractivity contribution in [2.24, 2.45) is 0 Å². The summed E-state index contributed by atoms with van der Waals surface area (Å²) >= 11 is 0. The van der Waals surface area contributed by atoms with Crippen LogP contribution in [0.2, 0.25) is 0 Å². The van der Waals surface area contributed by atoms with Crippen molar-refractivity contribution in [1.82, 2.24) is 0 Å². The van der Waals surface area contributed by atoms with Gasteiger partial charge in [-0.2, -0.15) is 0 Å². The van der Waals surface area contributed by atoms with E-state index >= 15 is 0 Å². The Morgan fingerprint density at radius 3 is 1.20 bits per heavy atom. The van der Waals surface area contributed by atoms with Gasteiger partial charge in [-0.05, 0) is 51.4 Å². The molecule has 4 spiro atoms. The fourth-order valence-electron chi connectivity index (χ4n) is 5.04. The number of rotatable bonds is 0. The molecule has 3 aliphatic heterocycles. The molecule has 112 valence electrons. The van der Waals surface area contributed by atoms with Crippen LogP contribution in [-0.2, 0) is 18.9 Å². The Labute approximate surface area is 120 Å². The fourth-order valence-corrected chi connectivity index (χ4v) is 5.04. The van der Waals surface area contributed by atoms with Crippen molar-refractivity contribution >= 4 is 0 Å².